The third kappa shape index (κ3) is 1.42. The molecule has 1 heterocycles. The van der Waals surface area contributed by atoms with Gasteiger partial charge in [-0.15, -0.1) is 0 Å². The summed E-state index contributed by atoms with van der Waals surface area (Å²) in [5.74, 6) is -0.573. The molecule has 0 aliphatic heterocycles. The van der Waals surface area contributed by atoms with E-state index in [2.05, 4.69) is 25.9 Å². The monoisotopic (exact) mass is 276 g/mol. The number of aromatic amines is 1. The predicted octanol–water partition coefficient (Wildman–Crippen LogP) is 2.48. The summed E-state index contributed by atoms with van der Waals surface area (Å²) >= 11 is 8.64. The van der Waals surface area contributed by atoms with Crippen LogP contribution in [0.15, 0.2) is 21.4 Å². The molecular weight excluding hydrogens is 274 g/mol. The molecule has 1 aromatic heterocycles. The van der Waals surface area contributed by atoms with Gasteiger partial charge in [-0.25, -0.2) is 9.37 Å². The van der Waals surface area contributed by atoms with Crippen LogP contribution in [0.25, 0.3) is 10.9 Å². The molecular formula is C8H3BrClFN2O. The van der Waals surface area contributed by atoms with E-state index in [-0.39, 0.29) is 16.2 Å². The zero-order chi connectivity index (χ0) is 10.3. The van der Waals surface area contributed by atoms with Crippen LogP contribution in [0.1, 0.15) is 0 Å². The second-order valence-electron chi connectivity index (χ2n) is 2.61. The van der Waals surface area contributed by atoms with Gasteiger partial charge in [0.15, 0.2) is 0 Å². The van der Waals surface area contributed by atoms with Crippen molar-refractivity contribution in [1.29, 1.82) is 0 Å². The molecule has 0 atom stereocenters. The first-order chi connectivity index (χ1) is 6.59. The number of nitrogens with zero attached hydrogens (tertiary/aromatic N) is 1. The van der Waals surface area contributed by atoms with Crippen molar-refractivity contribution in [2.45, 2.75) is 0 Å². The van der Waals surface area contributed by atoms with Gasteiger partial charge in [-0.2, -0.15) is 0 Å². The molecule has 0 radical (unpaired) electrons. The molecule has 14 heavy (non-hydrogen) atoms. The first kappa shape index (κ1) is 9.61. The fourth-order valence-electron chi connectivity index (χ4n) is 1.15. The number of hydrogen-bond donors (Lipinski definition) is 1. The summed E-state index contributed by atoms with van der Waals surface area (Å²) < 4.78 is 13.7. The Hall–Kier alpha value is -0.940. The van der Waals surface area contributed by atoms with Crippen LogP contribution >= 0.6 is 27.5 Å². The lowest BCUT2D eigenvalue weighted by Gasteiger charge is -2.00. The van der Waals surface area contributed by atoms with Gasteiger partial charge in [-0.05, 0) is 39.7 Å². The number of benzene rings is 1. The molecule has 2 rings (SSSR count). The quantitative estimate of drug-likeness (QED) is 0.752. The Morgan fingerprint density at radius 3 is 2.93 bits per heavy atom. The minimum Gasteiger partial charge on any atom is -0.297 e. The van der Waals surface area contributed by atoms with Crippen molar-refractivity contribution in [3.05, 3.63) is 38.1 Å². The maximum Gasteiger partial charge on any atom is 0.260 e. The van der Waals surface area contributed by atoms with E-state index in [1.165, 1.54) is 12.1 Å². The van der Waals surface area contributed by atoms with Gasteiger partial charge < -0.3 is 0 Å². The maximum atomic E-state index is 13.2. The zero-order valence-corrected chi connectivity index (χ0v) is 8.99. The van der Waals surface area contributed by atoms with Crippen LogP contribution in [0.3, 0.4) is 0 Å². The highest BCUT2D eigenvalue weighted by molar-refractivity contribution is 9.10. The van der Waals surface area contributed by atoms with Crippen molar-refractivity contribution >= 4 is 38.4 Å². The standard InChI is InChI=1S/C8H3BrClFN2O/c9-3-1-2-4(11)6-5(3)7(14)13-8(10)12-6/h1-2H,(H,12,13,14). The fourth-order valence-corrected chi connectivity index (χ4v) is 1.82. The lowest BCUT2D eigenvalue weighted by atomic mass is 10.2. The number of rotatable bonds is 0. The molecule has 0 saturated heterocycles. The SMILES string of the molecule is O=c1[nH]c(Cl)nc2c(F)ccc(Br)c12. The highest BCUT2D eigenvalue weighted by atomic mass is 79.9. The third-order valence-electron chi connectivity index (χ3n) is 1.73. The van der Waals surface area contributed by atoms with E-state index < -0.39 is 11.4 Å². The molecule has 72 valence electrons. The van der Waals surface area contributed by atoms with E-state index in [1.807, 2.05) is 0 Å². The number of H-pyrrole nitrogens is 1. The molecule has 2 aromatic rings. The van der Waals surface area contributed by atoms with Crippen molar-refractivity contribution < 1.29 is 4.39 Å². The van der Waals surface area contributed by atoms with Gasteiger partial charge in [0.2, 0.25) is 5.28 Å². The van der Waals surface area contributed by atoms with Crippen LogP contribution in [0.2, 0.25) is 5.28 Å². The van der Waals surface area contributed by atoms with Crippen molar-refractivity contribution in [2.24, 2.45) is 0 Å². The number of nitrogens with one attached hydrogen (secondary N) is 1. The average Bonchev–Trinajstić information content (AvgIpc) is 2.10. The third-order valence-corrected chi connectivity index (χ3v) is 2.57. The first-order valence-corrected chi connectivity index (χ1v) is 4.80. The van der Waals surface area contributed by atoms with Crippen molar-refractivity contribution in [3.8, 4) is 0 Å². The van der Waals surface area contributed by atoms with E-state index in [0.29, 0.717) is 4.47 Å². The Morgan fingerprint density at radius 1 is 1.50 bits per heavy atom. The molecule has 0 spiro atoms. The largest absolute Gasteiger partial charge is 0.297 e. The van der Waals surface area contributed by atoms with E-state index >= 15 is 0 Å². The normalized spacial score (nSPS) is 10.8. The molecule has 3 nitrogen and oxygen atoms in total. The fraction of sp³-hybridized carbons (Fsp3) is 0. The van der Waals surface area contributed by atoms with E-state index in [0.717, 1.165) is 0 Å². The van der Waals surface area contributed by atoms with E-state index in [9.17, 15) is 9.18 Å². The molecule has 0 amide bonds. The molecule has 6 heteroatoms. The zero-order valence-electron chi connectivity index (χ0n) is 6.64. The van der Waals surface area contributed by atoms with Crippen LogP contribution in [0, 0.1) is 5.82 Å². The minimum absolute atomic E-state index is 0.0341. The summed E-state index contributed by atoms with van der Waals surface area (Å²) in [6.07, 6.45) is 0. The Balaban J connectivity index is 3.08. The second kappa shape index (κ2) is 3.33. The molecule has 1 aromatic carbocycles. The van der Waals surface area contributed by atoms with Gasteiger partial charge in [0.05, 0.1) is 5.39 Å². The number of aromatic nitrogens is 2. The van der Waals surface area contributed by atoms with Crippen molar-refractivity contribution in [3.63, 3.8) is 0 Å². The molecule has 0 aliphatic rings. The van der Waals surface area contributed by atoms with Crippen molar-refractivity contribution in [1.82, 2.24) is 9.97 Å². The molecule has 0 bridgehead atoms. The summed E-state index contributed by atoms with van der Waals surface area (Å²) in [5.41, 5.74) is -0.500. The Labute approximate surface area is 91.1 Å². The van der Waals surface area contributed by atoms with Crippen LogP contribution < -0.4 is 5.56 Å². The Kier molecular flexibility index (Phi) is 2.28. The smallest absolute Gasteiger partial charge is 0.260 e. The molecule has 0 saturated carbocycles. The summed E-state index contributed by atoms with van der Waals surface area (Å²) in [5, 5.41) is 0.0360. The van der Waals surface area contributed by atoms with Crippen molar-refractivity contribution in [2.75, 3.05) is 0 Å². The Morgan fingerprint density at radius 2 is 2.21 bits per heavy atom. The van der Waals surface area contributed by atoms with Crippen LogP contribution in [-0.4, -0.2) is 9.97 Å². The summed E-state index contributed by atoms with van der Waals surface area (Å²) in [6, 6.07) is 2.66. The molecule has 1 N–H and O–H groups in total. The molecule has 0 fully saturated rings. The lowest BCUT2D eigenvalue weighted by molar-refractivity contribution is 0.636. The number of hydrogen-bond acceptors (Lipinski definition) is 2. The minimum atomic E-state index is -0.573. The summed E-state index contributed by atoms with van der Waals surface area (Å²) in [6.45, 7) is 0. The van der Waals surface area contributed by atoms with Gasteiger partial charge in [-0.1, -0.05) is 0 Å². The van der Waals surface area contributed by atoms with Gasteiger partial charge in [0.25, 0.3) is 5.56 Å². The van der Waals surface area contributed by atoms with Gasteiger partial charge >= 0.3 is 0 Å². The average molecular weight is 277 g/mol. The maximum absolute atomic E-state index is 13.2. The highest BCUT2D eigenvalue weighted by Crippen LogP contribution is 2.22. The van der Waals surface area contributed by atoms with Gasteiger partial charge in [0, 0.05) is 4.47 Å². The van der Waals surface area contributed by atoms with Crippen LogP contribution in [-0.2, 0) is 0 Å². The van der Waals surface area contributed by atoms with E-state index in [4.69, 9.17) is 11.6 Å². The molecule has 0 aliphatic carbocycles. The Bertz CT molecular complexity index is 569. The number of halogens is 3. The lowest BCUT2D eigenvalue weighted by Crippen LogP contribution is -2.09. The highest BCUT2D eigenvalue weighted by Gasteiger charge is 2.10. The van der Waals surface area contributed by atoms with Gasteiger partial charge in [-0.3, -0.25) is 9.78 Å². The van der Waals surface area contributed by atoms with E-state index in [1.54, 1.807) is 0 Å². The summed E-state index contributed by atoms with van der Waals surface area (Å²) in [7, 11) is 0. The second-order valence-corrected chi connectivity index (χ2v) is 3.82. The first-order valence-electron chi connectivity index (χ1n) is 3.63. The van der Waals surface area contributed by atoms with Gasteiger partial charge in [0.1, 0.15) is 11.3 Å². The number of fused-ring (bicyclic) bond motifs is 1. The molecule has 0 unspecified atom stereocenters. The van der Waals surface area contributed by atoms with Crippen LogP contribution in [0.5, 0.6) is 0 Å². The summed E-state index contributed by atoms with van der Waals surface area (Å²) in [4.78, 5) is 17.4. The topological polar surface area (TPSA) is 45.8 Å². The van der Waals surface area contributed by atoms with Crippen LogP contribution in [0.4, 0.5) is 4.39 Å². The predicted molar refractivity (Wildman–Crippen MR) is 55.0 cm³/mol.